The number of thioether (sulfide) groups is 1. The Hall–Kier alpha value is -4.18. The summed E-state index contributed by atoms with van der Waals surface area (Å²) in [6.45, 7) is 1.77. The highest BCUT2D eigenvalue weighted by Crippen LogP contribution is 2.35. The first-order chi connectivity index (χ1) is 16.3. The number of esters is 1. The fourth-order valence-electron chi connectivity index (χ4n) is 3.29. The van der Waals surface area contributed by atoms with Crippen LogP contribution in [-0.2, 0) is 9.53 Å². The van der Waals surface area contributed by atoms with Crippen LogP contribution in [-0.4, -0.2) is 41.0 Å². The maximum atomic E-state index is 12.7. The zero-order chi connectivity index (χ0) is 24.4. The maximum absolute atomic E-state index is 12.7. The zero-order valence-corrected chi connectivity index (χ0v) is 19.3. The molecule has 1 aromatic heterocycles. The van der Waals surface area contributed by atoms with Gasteiger partial charge in [-0.15, -0.1) is 0 Å². The van der Waals surface area contributed by atoms with Gasteiger partial charge in [0.2, 0.25) is 0 Å². The minimum Gasteiger partial charge on any atom is -0.465 e. The van der Waals surface area contributed by atoms with Crippen molar-refractivity contribution in [1.82, 2.24) is 4.90 Å². The Kier molecular flexibility index (Phi) is 6.33. The third-order valence-electron chi connectivity index (χ3n) is 5.10. The van der Waals surface area contributed by atoms with Crippen molar-refractivity contribution in [2.24, 2.45) is 4.99 Å². The Morgan fingerprint density at radius 1 is 1.18 bits per heavy atom. The number of amidine groups is 1. The van der Waals surface area contributed by atoms with Crippen LogP contribution in [0.1, 0.15) is 21.7 Å². The molecule has 34 heavy (non-hydrogen) atoms. The van der Waals surface area contributed by atoms with Crippen molar-refractivity contribution in [2.75, 3.05) is 14.2 Å². The highest BCUT2D eigenvalue weighted by molar-refractivity contribution is 8.18. The van der Waals surface area contributed by atoms with Crippen molar-refractivity contribution < 1.29 is 23.7 Å². The summed E-state index contributed by atoms with van der Waals surface area (Å²) in [6.07, 6.45) is 1.64. The van der Waals surface area contributed by atoms with Crippen molar-refractivity contribution in [3.63, 3.8) is 0 Å². The van der Waals surface area contributed by atoms with E-state index in [1.165, 1.54) is 35.9 Å². The minimum atomic E-state index is -0.444. The summed E-state index contributed by atoms with van der Waals surface area (Å²) in [5.74, 6) is 0.358. The third-order valence-corrected chi connectivity index (χ3v) is 6.16. The summed E-state index contributed by atoms with van der Waals surface area (Å²) < 4.78 is 10.6. The summed E-state index contributed by atoms with van der Waals surface area (Å²) in [4.78, 5) is 41.2. The van der Waals surface area contributed by atoms with Crippen LogP contribution in [0.15, 0.2) is 68.9 Å². The van der Waals surface area contributed by atoms with Crippen LogP contribution >= 0.6 is 11.8 Å². The van der Waals surface area contributed by atoms with E-state index in [4.69, 9.17) is 4.42 Å². The topological polar surface area (TPSA) is 115 Å². The molecule has 1 fully saturated rings. The molecule has 0 bridgehead atoms. The van der Waals surface area contributed by atoms with Gasteiger partial charge in [-0.1, -0.05) is 0 Å². The predicted molar refractivity (Wildman–Crippen MR) is 129 cm³/mol. The van der Waals surface area contributed by atoms with Gasteiger partial charge in [-0.2, -0.15) is 0 Å². The van der Waals surface area contributed by atoms with E-state index in [0.717, 1.165) is 5.56 Å². The Bertz CT molecular complexity index is 1360. The molecule has 0 unspecified atom stereocenters. The van der Waals surface area contributed by atoms with Gasteiger partial charge in [0.25, 0.3) is 11.6 Å². The average molecular weight is 477 g/mol. The number of nitro groups is 1. The number of methoxy groups -OCH3 is 1. The zero-order valence-electron chi connectivity index (χ0n) is 18.5. The normalized spacial score (nSPS) is 15.9. The van der Waals surface area contributed by atoms with Gasteiger partial charge >= 0.3 is 5.97 Å². The number of aryl methyl sites for hydroxylation is 1. The SMILES string of the molecule is COC(=O)c1ccc(N=C2S/C(=C/c3ccc(-c4ccc([N+](=O)[O-])cc4C)o3)C(=O)N2C)cc1. The van der Waals surface area contributed by atoms with E-state index < -0.39 is 10.9 Å². The molecule has 2 aromatic carbocycles. The summed E-state index contributed by atoms with van der Waals surface area (Å²) >= 11 is 1.21. The second-order valence-corrected chi connectivity index (χ2v) is 8.38. The van der Waals surface area contributed by atoms with Crippen molar-refractivity contribution in [1.29, 1.82) is 0 Å². The first kappa shape index (κ1) is 23.0. The van der Waals surface area contributed by atoms with E-state index >= 15 is 0 Å². The fourth-order valence-corrected chi connectivity index (χ4v) is 4.26. The largest absolute Gasteiger partial charge is 0.465 e. The summed E-state index contributed by atoms with van der Waals surface area (Å²) in [5.41, 5.74) is 2.45. The maximum Gasteiger partial charge on any atom is 0.337 e. The predicted octanol–water partition coefficient (Wildman–Crippen LogP) is 5.18. The van der Waals surface area contributed by atoms with Crippen LogP contribution in [0.25, 0.3) is 17.4 Å². The van der Waals surface area contributed by atoms with Crippen LogP contribution in [0.5, 0.6) is 0 Å². The lowest BCUT2D eigenvalue weighted by Crippen LogP contribution is -2.23. The van der Waals surface area contributed by atoms with Crippen LogP contribution in [0.2, 0.25) is 0 Å². The van der Waals surface area contributed by atoms with Crippen molar-refractivity contribution in [3.8, 4) is 11.3 Å². The number of rotatable bonds is 5. The summed E-state index contributed by atoms with van der Waals surface area (Å²) in [7, 11) is 2.95. The van der Waals surface area contributed by atoms with E-state index in [1.54, 1.807) is 62.5 Å². The molecule has 4 rings (SSSR count). The average Bonchev–Trinajstić information content (AvgIpc) is 3.39. The lowest BCUT2D eigenvalue weighted by atomic mass is 10.1. The highest BCUT2D eigenvalue weighted by Gasteiger charge is 2.30. The number of nitrogens with zero attached hydrogens (tertiary/aromatic N) is 3. The number of amides is 1. The molecule has 172 valence electrons. The Labute approximate surface area is 198 Å². The van der Waals surface area contributed by atoms with Crippen molar-refractivity contribution in [3.05, 3.63) is 86.5 Å². The molecule has 9 nitrogen and oxygen atoms in total. The summed E-state index contributed by atoms with van der Waals surface area (Å²) in [6, 6.07) is 14.6. The Morgan fingerprint density at radius 2 is 1.91 bits per heavy atom. The van der Waals surface area contributed by atoms with E-state index in [0.29, 0.717) is 38.4 Å². The van der Waals surface area contributed by atoms with Gasteiger partial charge in [0.15, 0.2) is 5.17 Å². The standard InChI is InChI=1S/C24H19N3O6S/c1-14-12-17(27(30)31)8-10-19(14)20-11-9-18(33-20)13-21-22(28)26(2)24(34-21)25-16-6-4-15(5-7-16)23(29)32-3/h4-13H,1-3H3/b21-13+,25-24?. The smallest absolute Gasteiger partial charge is 0.337 e. The van der Waals surface area contributed by atoms with Gasteiger partial charge in [-0.25, -0.2) is 9.79 Å². The number of furan rings is 1. The van der Waals surface area contributed by atoms with E-state index in [1.807, 2.05) is 0 Å². The monoisotopic (exact) mass is 477 g/mol. The number of ether oxygens (including phenoxy) is 1. The number of nitro benzene ring substituents is 1. The van der Waals surface area contributed by atoms with Gasteiger partial charge in [-0.05, 0) is 66.7 Å². The lowest BCUT2D eigenvalue weighted by Gasteiger charge is -2.07. The molecule has 0 saturated carbocycles. The second-order valence-electron chi connectivity index (χ2n) is 7.37. The number of aliphatic imine (C=N–C) groups is 1. The number of likely N-dealkylation sites (N-methyl/N-ethyl adjacent to an activating group) is 1. The molecule has 3 aromatic rings. The number of carbonyl (C=O) groups is 2. The number of benzene rings is 2. The molecule has 1 aliphatic rings. The molecule has 10 heteroatoms. The number of hydrogen-bond acceptors (Lipinski definition) is 8. The second kappa shape index (κ2) is 9.36. The van der Waals surface area contributed by atoms with Gasteiger partial charge < -0.3 is 9.15 Å². The first-order valence-electron chi connectivity index (χ1n) is 10.1. The Morgan fingerprint density at radius 3 is 2.56 bits per heavy atom. The van der Waals surface area contributed by atoms with Crippen LogP contribution in [0, 0.1) is 17.0 Å². The number of non-ortho nitro benzene ring substituents is 1. The third kappa shape index (κ3) is 4.62. The van der Waals surface area contributed by atoms with Gasteiger partial charge in [0.1, 0.15) is 11.5 Å². The first-order valence-corrected chi connectivity index (χ1v) is 10.9. The number of carbonyl (C=O) groups excluding carboxylic acids is 2. The fraction of sp³-hybridized carbons (Fsp3) is 0.125. The molecular weight excluding hydrogens is 458 g/mol. The quantitative estimate of drug-likeness (QED) is 0.215. The van der Waals surface area contributed by atoms with Gasteiger partial charge in [0.05, 0.1) is 28.2 Å². The number of hydrogen-bond donors (Lipinski definition) is 0. The summed E-state index contributed by atoms with van der Waals surface area (Å²) in [5, 5.41) is 11.4. The lowest BCUT2D eigenvalue weighted by molar-refractivity contribution is -0.384. The van der Waals surface area contributed by atoms with Crippen LogP contribution < -0.4 is 0 Å². The van der Waals surface area contributed by atoms with Crippen LogP contribution in [0.3, 0.4) is 0 Å². The van der Waals surface area contributed by atoms with E-state index in [9.17, 15) is 19.7 Å². The molecule has 1 saturated heterocycles. The Balaban J connectivity index is 1.55. The molecule has 0 atom stereocenters. The molecule has 0 radical (unpaired) electrons. The van der Waals surface area contributed by atoms with Gasteiger partial charge in [-0.3, -0.25) is 19.8 Å². The minimum absolute atomic E-state index is 0.0119. The molecule has 1 amide bonds. The molecule has 0 N–H and O–H groups in total. The highest BCUT2D eigenvalue weighted by atomic mass is 32.2. The van der Waals surface area contributed by atoms with E-state index in [-0.39, 0.29) is 11.6 Å². The van der Waals surface area contributed by atoms with Crippen LogP contribution in [0.4, 0.5) is 11.4 Å². The van der Waals surface area contributed by atoms with Gasteiger partial charge in [0, 0.05) is 30.8 Å². The molecular formula is C24H19N3O6S. The molecule has 0 aliphatic carbocycles. The molecule has 1 aliphatic heterocycles. The van der Waals surface area contributed by atoms with Crippen molar-refractivity contribution >= 4 is 46.3 Å². The molecule has 2 heterocycles. The van der Waals surface area contributed by atoms with Crippen molar-refractivity contribution in [2.45, 2.75) is 6.92 Å². The molecule has 0 spiro atoms. The van der Waals surface area contributed by atoms with E-state index in [2.05, 4.69) is 9.73 Å².